The van der Waals surface area contributed by atoms with Crippen LogP contribution in [0.15, 0.2) is 79.4 Å². The average molecular weight is 320 g/mol. The quantitative estimate of drug-likeness (QED) is 0.417. The highest BCUT2D eigenvalue weighted by Gasteiger charge is 2.18. The van der Waals surface area contributed by atoms with Gasteiger partial charge in [-0.2, -0.15) is 0 Å². The van der Waals surface area contributed by atoms with Crippen molar-refractivity contribution in [2.24, 2.45) is 0 Å². The molecule has 4 aromatic rings. The van der Waals surface area contributed by atoms with Gasteiger partial charge in [-0.3, -0.25) is 0 Å². The minimum Gasteiger partial charge on any atom is -0.456 e. The Hall–Kier alpha value is -3.32. The van der Waals surface area contributed by atoms with Gasteiger partial charge in [-0.05, 0) is 39.4 Å². The molecule has 0 radical (unpaired) electrons. The van der Waals surface area contributed by atoms with Crippen molar-refractivity contribution in [3.63, 3.8) is 0 Å². The molecule has 0 spiro atoms. The van der Waals surface area contributed by atoms with Crippen LogP contribution in [-0.4, -0.2) is 0 Å². The van der Waals surface area contributed by atoms with Crippen LogP contribution in [0.3, 0.4) is 0 Å². The van der Waals surface area contributed by atoms with Crippen molar-refractivity contribution in [2.45, 2.75) is 0 Å². The van der Waals surface area contributed by atoms with Gasteiger partial charge in [0.2, 0.25) is 0 Å². The first-order chi connectivity index (χ1) is 12.3. The summed E-state index contributed by atoms with van der Waals surface area (Å²) in [6.45, 7) is 3.91. The third-order valence-electron chi connectivity index (χ3n) is 4.84. The molecule has 1 heteroatoms. The summed E-state index contributed by atoms with van der Waals surface area (Å²) in [5.41, 5.74) is 3.49. The smallest absolute Gasteiger partial charge is 0.135 e. The van der Waals surface area contributed by atoms with Gasteiger partial charge in [0.1, 0.15) is 11.5 Å². The molecule has 1 aliphatic carbocycles. The lowest BCUT2D eigenvalue weighted by atomic mass is 10.0. The van der Waals surface area contributed by atoms with Crippen LogP contribution in [0.25, 0.3) is 39.5 Å². The number of hydrogen-bond acceptors (Lipinski definition) is 1. The van der Waals surface area contributed by atoms with Crippen LogP contribution >= 0.6 is 0 Å². The van der Waals surface area contributed by atoms with Crippen LogP contribution in [-0.2, 0) is 0 Å². The van der Waals surface area contributed by atoms with E-state index in [1.165, 1.54) is 16.3 Å². The summed E-state index contributed by atoms with van der Waals surface area (Å²) in [7, 11) is 0. The summed E-state index contributed by atoms with van der Waals surface area (Å²) < 4.78 is 6.39. The minimum atomic E-state index is 0.872. The fourth-order valence-electron chi connectivity index (χ4n) is 3.69. The Balaban J connectivity index is 1.66. The Bertz CT molecular complexity index is 1180. The number of hydrogen-bond donors (Lipinski definition) is 0. The van der Waals surface area contributed by atoms with Crippen LogP contribution in [0.1, 0.15) is 16.7 Å². The SMILES string of the molecule is C=Cc1cccc2c(OC3=Cc4cccc5cccc3c45)cccc12. The highest BCUT2D eigenvalue weighted by molar-refractivity contribution is 6.08. The molecule has 0 heterocycles. The van der Waals surface area contributed by atoms with E-state index in [0.29, 0.717) is 0 Å². The molecule has 1 nitrogen and oxygen atoms in total. The van der Waals surface area contributed by atoms with E-state index in [9.17, 15) is 0 Å². The third-order valence-corrected chi connectivity index (χ3v) is 4.84. The zero-order valence-electron chi connectivity index (χ0n) is 13.7. The van der Waals surface area contributed by atoms with Gasteiger partial charge in [-0.1, -0.05) is 79.4 Å². The summed E-state index contributed by atoms with van der Waals surface area (Å²) in [5.74, 6) is 1.78. The Morgan fingerprint density at radius 1 is 0.760 bits per heavy atom. The second-order valence-corrected chi connectivity index (χ2v) is 6.26. The van der Waals surface area contributed by atoms with E-state index in [-0.39, 0.29) is 0 Å². The molecular formula is C24H16O. The standard InChI is InChI=1S/C24H16O/c1-2-16-7-4-12-20-19(16)11-6-14-22(20)25-23-15-18-10-3-8-17-9-5-13-21(23)24(17)18/h2-15H,1H2. The number of rotatable bonds is 3. The van der Waals surface area contributed by atoms with Crippen LogP contribution in [0.4, 0.5) is 0 Å². The van der Waals surface area contributed by atoms with E-state index in [4.69, 9.17) is 4.74 Å². The molecule has 0 fully saturated rings. The summed E-state index contributed by atoms with van der Waals surface area (Å²) in [6, 6.07) is 25.1. The van der Waals surface area contributed by atoms with E-state index < -0.39 is 0 Å². The minimum absolute atomic E-state index is 0.872. The highest BCUT2D eigenvalue weighted by Crippen LogP contribution is 2.39. The first kappa shape index (κ1) is 14.1. The molecule has 0 saturated carbocycles. The molecule has 0 atom stereocenters. The van der Waals surface area contributed by atoms with Gasteiger partial charge in [0, 0.05) is 10.9 Å². The van der Waals surface area contributed by atoms with E-state index in [0.717, 1.165) is 33.4 Å². The Morgan fingerprint density at radius 3 is 2.40 bits per heavy atom. The van der Waals surface area contributed by atoms with Gasteiger partial charge >= 0.3 is 0 Å². The van der Waals surface area contributed by atoms with Crippen molar-refractivity contribution in [1.29, 1.82) is 0 Å². The lowest BCUT2D eigenvalue weighted by Crippen LogP contribution is -1.93. The first-order valence-corrected chi connectivity index (χ1v) is 8.41. The van der Waals surface area contributed by atoms with Gasteiger partial charge in [0.15, 0.2) is 0 Å². The summed E-state index contributed by atoms with van der Waals surface area (Å²) in [6.07, 6.45) is 4.02. The molecule has 25 heavy (non-hydrogen) atoms. The maximum absolute atomic E-state index is 6.39. The van der Waals surface area contributed by atoms with Gasteiger partial charge in [-0.15, -0.1) is 0 Å². The molecule has 4 aromatic carbocycles. The fourth-order valence-corrected chi connectivity index (χ4v) is 3.69. The van der Waals surface area contributed by atoms with E-state index in [2.05, 4.69) is 67.3 Å². The van der Waals surface area contributed by atoms with Crippen LogP contribution in [0.2, 0.25) is 0 Å². The van der Waals surface area contributed by atoms with Crippen molar-refractivity contribution in [3.8, 4) is 5.75 Å². The van der Waals surface area contributed by atoms with E-state index >= 15 is 0 Å². The monoisotopic (exact) mass is 320 g/mol. The van der Waals surface area contributed by atoms with Crippen molar-refractivity contribution in [2.75, 3.05) is 0 Å². The molecule has 118 valence electrons. The molecule has 1 aliphatic rings. The molecule has 0 aromatic heterocycles. The second-order valence-electron chi connectivity index (χ2n) is 6.26. The first-order valence-electron chi connectivity index (χ1n) is 8.41. The second kappa shape index (κ2) is 5.35. The molecular weight excluding hydrogens is 304 g/mol. The normalized spacial score (nSPS) is 12.4. The lowest BCUT2D eigenvalue weighted by Gasteiger charge is -2.12. The Labute approximate surface area is 146 Å². The lowest BCUT2D eigenvalue weighted by molar-refractivity contribution is 0.526. The van der Waals surface area contributed by atoms with Gasteiger partial charge < -0.3 is 4.74 Å². The summed E-state index contributed by atoms with van der Waals surface area (Å²) in [4.78, 5) is 0. The molecule has 5 rings (SSSR count). The summed E-state index contributed by atoms with van der Waals surface area (Å²) >= 11 is 0. The molecule has 0 amide bonds. The van der Waals surface area contributed by atoms with Crippen molar-refractivity contribution in [1.82, 2.24) is 0 Å². The zero-order valence-corrected chi connectivity index (χ0v) is 13.7. The number of benzene rings is 4. The maximum atomic E-state index is 6.39. The largest absolute Gasteiger partial charge is 0.456 e. The molecule has 0 N–H and O–H groups in total. The Morgan fingerprint density at radius 2 is 1.52 bits per heavy atom. The van der Waals surface area contributed by atoms with Crippen LogP contribution < -0.4 is 4.74 Å². The topological polar surface area (TPSA) is 9.23 Å². The molecule has 0 aliphatic heterocycles. The zero-order chi connectivity index (χ0) is 16.8. The van der Waals surface area contributed by atoms with Crippen molar-refractivity contribution < 1.29 is 4.74 Å². The number of fused-ring (bicyclic) bond motifs is 1. The molecule has 0 unspecified atom stereocenters. The fraction of sp³-hybridized carbons (Fsp3) is 0. The predicted octanol–water partition coefficient (Wildman–Crippen LogP) is 6.53. The van der Waals surface area contributed by atoms with Crippen LogP contribution in [0.5, 0.6) is 5.75 Å². The highest BCUT2D eigenvalue weighted by atomic mass is 16.5. The Kier molecular flexibility index (Phi) is 3.01. The van der Waals surface area contributed by atoms with Gasteiger partial charge in [0.05, 0.1) is 0 Å². The predicted molar refractivity (Wildman–Crippen MR) is 106 cm³/mol. The van der Waals surface area contributed by atoms with Gasteiger partial charge in [-0.25, -0.2) is 0 Å². The molecule has 0 saturated heterocycles. The van der Waals surface area contributed by atoms with Crippen molar-refractivity contribution >= 4 is 39.5 Å². The summed E-state index contributed by atoms with van der Waals surface area (Å²) in [5, 5.41) is 4.77. The van der Waals surface area contributed by atoms with Crippen molar-refractivity contribution in [3.05, 3.63) is 96.1 Å². The van der Waals surface area contributed by atoms with E-state index in [1.807, 2.05) is 24.3 Å². The van der Waals surface area contributed by atoms with E-state index in [1.54, 1.807) is 0 Å². The molecule has 0 bridgehead atoms. The average Bonchev–Trinajstić information content (AvgIpc) is 3.01. The maximum Gasteiger partial charge on any atom is 0.135 e. The number of ether oxygens (including phenoxy) is 1. The third kappa shape index (κ3) is 2.10. The van der Waals surface area contributed by atoms with Crippen LogP contribution in [0, 0.1) is 0 Å². The van der Waals surface area contributed by atoms with Gasteiger partial charge in [0.25, 0.3) is 0 Å².